The molecule has 0 radical (unpaired) electrons. The van der Waals surface area contributed by atoms with Crippen LogP contribution in [0.1, 0.15) is 12.5 Å². The summed E-state index contributed by atoms with van der Waals surface area (Å²) in [6, 6.07) is 9.92. The van der Waals surface area contributed by atoms with Crippen LogP contribution >= 0.6 is 11.3 Å². The summed E-state index contributed by atoms with van der Waals surface area (Å²) in [5, 5.41) is 1.71. The summed E-state index contributed by atoms with van der Waals surface area (Å²) in [4.78, 5) is 11.2. The molecule has 116 valence electrons. The van der Waals surface area contributed by atoms with E-state index in [1.807, 2.05) is 0 Å². The number of carbonyl (C=O) groups excluding carboxylic acids is 1. The third kappa shape index (κ3) is 4.44. The molecule has 22 heavy (non-hydrogen) atoms. The molecule has 0 bridgehead atoms. The largest absolute Gasteiger partial charge is 0.463 e. The van der Waals surface area contributed by atoms with Crippen LogP contribution in [0, 0.1) is 0 Å². The van der Waals surface area contributed by atoms with Crippen LogP contribution in [0.3, 0.4) is 0 Å². The highest BCUT2D eigenvalue weighted by Gasteiger charge is 2.14. The summed E-state index contributed by atoms with van der Waals surface area (Å²) in [6.45, 7) is 2.06. The van der Waals surface area contributed by atoms with Crippen LogP contribution in [-0.2, 0) is 19.6 Å². The Bertz CT molecular complexity index is 747. The Kier molecular flexibility index (Phi) is 5.35. The average molecular weight is 337 g/mol. The molecular weight excluding hydrogens is 322 g/mol. The van der Waals surface area contributed by atoms with Crippen LogP contribution in [0.2, 0.25) is 0 Å². The van der Waals surface area contributed by atoms with Gasteiger partial charge in [-0.15, -0.1) is 11.3 Å². The van der Waals surface area contributed by atoms with E-state index in [-0.39, 0.29) is 4.21 Å². The Balaban J connectivity index is 2.05. The van der Waals surface area contributed by atoms with Crippen molar-refractivity contribution in [1.82, 2.24) is 0 Å². The van der Waals surface area contributed by atoms with Gasteiger partial charge in [0, 0.05) is 11.8 Å². The van der Waals surface area contributed by atoms with Crippen molar-refractivity contribution >= 4 is 39.1 Å². The lowest BCUT2D eigenvalue weighted by Crippen LogP contribution is -2.11. The number of rotatable bonds is 6. The van der Waals surface area contributed by atoms with Gasteiger partial charge in [-0.05, 0) is 42.1 Å². The lowest BCUT2D eigenvalue weighted by atomic mass is 10.2. The van der Waals surface area contributed by atoms with Gasteiger partial charge in [-0.25, -0.2) is 13.2 Å². The standard InChI is InChI=1S/C15H15NO4S2/c1-2-20-14(17)10-7-12-5-8-13(9-6-12)16-22(18,19)15-4-3-11-21-15/h3-11,16H,2H2,1H3/b10-7+. The predicted octanol–water partition coefficient (Wildman–Crippen LogP) is 3.13. The fraction of sp³-hybridized carbons (Fsp3) is 0.133. The molecule has 1 aromatic carbocycles. The number of thiophene rings is 1. The third-order valence-corrected chi connectivity index (χ3v) is 5.40. The number of hydrogen-bond donors (Lipinski definition) is 1. The van der Waals surface area contributed by atoms with Crippen molar-refractivity contribution < 1.29 is 17.9 Å². The van der Waals surface area contributed by atoms with E-state index in [2.05, 4.69) is 4.72 Å². The Labute approximate surface area is 133 Å². The number of nitrogens with one attached hydrogen (secondary N) is 1. The second-order valence-corrected chi connectivity index (χ2v) is 7.10. The summed E-state index contributed by atoms with van der Waals surface area (Å²) >= 11 is 1.16. The molecule has 2 aromatic rings. The number of esters is 1. The summed E-state index contributed by atoms with van der Waals surface area (Å²) < 4.78 is 31.7. The first-order valence-electron chi connectivity index (χ1n) is 6.52. The maximum Gasteiger partial charge on any atom is 0.330 e. The summed E-state index contributed by atoms with van der Waals surface area (Å²) in [7, 11) is -3.54. The Hall–Kier alpha value is -2.12. The SMILES string of the molecule is CCOC(=O)/C=C/c1ccc(NS(=O)(=O)c2cccs2)cc1. The van der Waals surface area contributed by atoms with Gasteiger partial charge in [-0.3, -0.25) is 4.72 Å². The quantitative estimate of drug-likeness (QED) is 0.649. The second-order valence-electron chi connectivity index (χ2n) is 4.24. The van der Waals surface area contributed by atoms with Crippen molar-refractivity contribution in [1.29, 1.82) is 0 Å². The molecule has 0 aliphatic carbocycles. The van der Waals surface area contributed by atoms with Crippen LogP contribution in [0.5, 0.6) is 0 Å². The number of ether oxygens (including phenoxy) is 1. The van der Waals surface area contributed by atoms with E-state index < -0.39 is 16.0 Å². The van der Waals surface area contributed by atoms with Crippen LogP contribution in [0.4, 0.5) is 5.69 Å². The zero-order chi connectivity index (χ0) is 16.0. The van der Waals surface area contributed by atoms with Crippen molar-refractivity contribution in [3.63, 3.8) is 0 Å². The van der Waals surface area contributed by atoms with Gasteiger partial charge in [-0.1, -0.05) is 18.2 Å². The first kappa shape index (κ1) is 16.3. The third-order valence-electron chi connectivity index (χ3n) is 2.62. The van der Waals surface area contributed by atoms with Crippen molar-refractivity contribution in [2.45, 2.75) is 11.1 Å². The van der Waals surface area contributed by atoms with E-state index in [1.54, 1.807) is 54.8 Å². The van der Waals surface area contributed by atoms with Crippen LogP contribution in [0.25, 0.3) is 6.08 Å². The van der Waals surface area contributed by atoms with Crippen LogP contribution in [-0.4, -0.2) is 21.0 Å². The van der Waals surface area contributed by atoms with Crippen LogP contribution < -0.4 is 4.72 Å². The minimum atomic E-state index is -3.54. The van der Waals surface area contributed by atoms with E-state index in [0.29, 0.717) is 12.3 Å². The topological polar surface area (TPSA) is 72.5 Å². The molecule has 2 rings (SSSR count). The monoisotopic (exact) mass is 337 g/mol. The number of carbonyl (C=O) groups is 1. The molecule has 0 amide bonds. The zero-order valence-corrected chi connectivity index (χ0v) is 13.5. The Morgan fingerprint density at radius 1 is 1.27 bits per heavy atom. The van der Waals surface area contributed by atoms with Gasteiger partial charge in [0.25, 0.3) is 10.0 Å². The Morgan fingerprint density at radius 3 is 2.59 bits per heavy atom. The molecule has 0 aliphatic rings. The van der Waals surface area contributed by atoms with Crippen molar-refractivity contribution in [3.05, 3.63) is 53.4 Å². The molecule has 0 spiro atoms. The van der Waals surface area contributed by atoms with Gasteiger partial charge in [0.2, 0.25) is 0 Å². The minimum Gasteiger partial charge on any atom is -0.463 e. The highest BCUT2D eigenvalue weighted by atomic mass is 32.2. The lowest BCUT2D eigenvalue weighted by Gasteiger charge is -2.06. The van der Waals surface area contributed by atoms with Crippen molar-refractivity contribution in [2.75, 3.05) is 11.3 Å². The van der Waals surface area contributed by atoms with Crippen molar-refractivity contribution in [3.8, 4) is 0 Å². The molecule has 1 N–H and O–H groups in total. The molecule has 1 heterocycles. The minimum absolute atomic E-state index is 0.263. The zero-order valence-electron chi connectivity index (χ0n) is 11.9. The molecule has 1 aromatic heterocycles. The summed E-state index contributed by atoms with van der Waals surface area (Å²) in [5.41, 5.74) is 1.23. The first-order chi connectivity index (χ1) is 10.5. The van der Waals surface area contributed by atoms with E-state index in [4.69, 9.17) is 4.74 Å². The number of hydrogen-bond acceptors (Lipinski definition) is 5. The number of anilines is 1. The van der Waals surface area contributed by atoms with Gasteiger partial charge in [0.15, 0.2) is 0 Å². The maximum atomic E-state index is 12.1. The highest BCUT2D eigenvalue weighted by molar-refractivity contribution is 7.94. The smallest absolute Gasteiger partial charge is 0.330 e. The molecule has 7 heteroatoms. The maximum absolute atomic E-state index is 12.1. The van der Waals surface area contributed by atoms with E-state index in [0.717, 1.165) is 16.9 Å². The van der Waals surface area contributed by atoms with E-state index in [1.165, 1.54) is 6.08 Å². The highest BCUT2D eigenvalue weighted by Crippen LogP contribution is 2.20. The summed E-state index contributed by atoms with van der Waals surface area (Å²) in [5.74, 6) is -0.412. The fourth-order valence-corrected chi connectivity index (χ4v) is 3.69. The predicted molar refractivity (Wildman–Crippen MR) is 87.2 cm³/mol. The molecule has 0 saturated heterocycles. The average Bonchev–Trinajstić information content (AvgIpc) is 3.02. The molecular formula is C15H15NO4S2. The van der Waals surface area contributed by atoms with E-state index >= 15 is 0 Å². The van der Waals surface area contributed by atoms with Gasteiger partial charge in [0.1, 0.15) is 4.21 Å². The molecule has 5 nitrogen and oxygen atoms in total. The lowest BCUT2D eigenvalue weighted by molar-refractivity contribution is -0.137. The molecule has 0 saturated carbocycles. The van der Waals surface area contributed by atoms with Gasteiger partial charge >= 0.3 is 5.97 Å². The van der Waals surface area contributed by atoms with Crippen LogP contribution in [0.15, 0.2) is 52.1 Å². The summed E-state index contributed by atoms with van der Waals surface area (Å²) in [6.07, 6.45) is 2.93. The number of sulfonamides is 1. The molecule has 0 fully saturated rings. The van der Waals surface area contributed by atoms with Gasteiger partial charge < -0.3 is 4.74 Å². The molecule has 0 atom stereocenters. The first-order valence-corrected chi connectivity index (χ1v) is 8.89. The van der Waals surface area contributed by atoms with Crippen molar-refractivity contribution in [2.24, 2.45) is 0 Å². The number of benzene rings is 1. The molecule has 0 aliphatic heterocycles. The molecule has 0 unspecified atom stereocenters. The fourth-order valence-electron chi connectivity index (χ4n) is 1.64. The normalized spacial score (nSPS) is 11.5. The van der Waals surface area contributed by atoms with E-state index in [9.17, 15) is 13.2 Å². The van der Waals surface area contributed by atoms with Gasteiger partial charge in [0.05, 0.1) is 6.61 Å². The Morgan fingerprint density at radius 2 is 2.00 bits per heavy atom. The second kappa shape index (κ2) is 7.24. The van der Waals surface area contributed by atoms with Gasteiger partial charge in [-0.2, -0.15) is 0 Å².